The van der Waals surface area contributed by atoms with Crippen LogP contribution < -0.4 is 10.8 Å². The Morgan fingerprint density at radius 2 is 2.09 bits per heavy atom. The van der Waals surface area contributed by atoms with Crippen molar-refractivity contribution in [2.24, 2.45) is 0 Å². The first-order valence-electron chi connectivity index (χ1n) is 7.78. The number of rotatable bonds is 5. The average Bonchev–Trinajstić information content (AvgIpc) is 3.01. The van der Waals surface area contributed by atoms with Gasteiger partial charge in [0.15, 0.2) is 0 Å². The summed E-state index contributed by atoms with van der Waals surface area (Å²) >= 11 is 0. The number of hydrogen-bond donors (Lipinski definition) is 3. The first-order valence-corrected chi connectivity index (χ1v) is 7.78. The Morgan fingerprint density at radius 1 is 1.26 bits per heavy atom. The lowest BCUT2D eigenvalue weighted by atomic mass is 9.97. The van der Waals surface area contributed by atoms with Crippen LogP contribution >= 0.6 is 0 Å². The van der Waals surface area contributed by atoms with Crippen molar-refractivity contribution in [2.45, 2.75) is 25.4 Å². The van der Waals surface area contributed by atoms with E-state index in [0.717, 1.165) is 24.9 Å². The quantitative estimate of drug-likeness (QED) is 0.452. The maximum Gasteiger partial charge on any atom is 0.267 e. The van der Waals surface area contributed by atoms with Gasteiger partial charge in [-0.1, -0.05) is 48.5 Å². The monoisotopic (exact) mass is 308 g/mol. The van der Waals surface area contributed by atoms with E-state index in [1.54, 1.807) is 11.6 Å². The largest absolute Gasteiger partial charge is 0.306 e. The Hall–Kier alpha value is -2.43. The van der Waals surface area contributed by atoms with Gasteiger partial charge < -0.3 is 5.32 Å². The van der Waals surface area contributed by atoms with E-state index < -0.39 is 5.91 Å². The molecule has 1 heterocycles. The average molecular weight is 308 g/mol. The minimum absolute atomic E-state index is 0.379. The molecule has 1 aliphatic rings. The molecule has 4 heteroatoms. The zero-order valence-electron chi connectivity index (χ0n) is 12.8. The van der Waals surface area contributed by atoms with Crippen molar-refractivity contribution in [3.05, 3.63) is 76.9 Å². The number of benzene rings is 2. The molecule has 23 heavy (non-hydrogen) atoms. The van der Waals surface area contributed by atoms with E-state index in [2.05, 4.69) is 41.7 Å². The summed E-state index contributed by atoms with van der Waals surface area (Å²) in [6.07, 6.45) is 5.13. The van der Waals surface area contributed by atoms with Gasteiger partial charge in [0.1, 0.15) is 0 Å². The minimum Gasteiger partial charge on any atom is -0.306 e. The van der Waals surface area contributed by atoms with Crippen LogP contribution in [0.15, 0.2) is 54.6 Å². The zero-order valence-corrected chi connectivity index (χ0v) is 12.8. The molecule has 0 radical (unpaired) electrons. The normalized spacial score (nSPS) is 16.5. The number of nitrogens with one attached hydrogen (secondary N) is 2. The van der Waals surface area contributed by atoms with Crippen molar-refractivity contribution in [3.8, 4) is 0 Å². The molecule has 0 bridgehead atoms. The van der Waals surface area contributed by atoms with Crippen LogP contribution in [-0.2, 0) is 17.8 Å². The summed E-state index contributed by atoms with van der Waals surface area (Å²) in [6.45, 7) is 0.850. The van der Waals surface area contributed by atoms with Gasteiger partial charge in [-0.2, -0.15) is 0 Å². The number of carbonyl (C=O) groups is 1. The van der Waals surface area contributed by atoms with Gasteiger partial charge in [0.25, 0.3) is 5.91 Å². The lowest BCUT2D eigenvalue weighted by molar-refractivity contribution is -0.124. The van der Waals surface area contributed by atoms with Crippen molar-refractivity contribution in [1.82, 2.24) is 10.8 Å². The summed E-state index contributed by atoms with van der Waals surface area (Å²) in [7, 11) is 0. The molecular formula is C19H20N2O2. The highest BCUT2D eigenvalue weighted by atomic mass is 16.5. The van der Waals surface area contributed by atoms with Gasteiger partial charge in [-0.15, -0.1) is 0 Å². The molecule has 0 fully saturated rings. The van der Waals surface area contributed by atoms with Gasteiger partial charge in [-0.25, -0.2) is 5.48 Å². The van der Waals surface area contributed by atoms with E-state index in [-0.39, 0.29) is 0 Å². The maximum atomic E-state index is 11.0. The fourth-order valence-corrected chi connectivity index (χ4v) is 2.99. The van der Waals surface area contributed by atoms with Gasteiger partial charge in [0.2, 0.25) is 0 Å². The van der Waals surface area contributed by atoms with Crippen LogP contribution in [0, 0.1) is 0 Å². The SMILES string of the molecule is O=C(/C=C/c1ccc2c(c1)CNC2CCc1ccccc1)NO. The van der Waals surface area contributed by atoms with Crippen molar-refractivity contribution in [3.63, 3.8) is 0 Å². The standard InChI is InChI=1S/C19H20N2O2/c22-19(21-23)11-8-15-6-9-17-16(12-15)13-20-18(17)10-7-14-4-2-1-3-5-14/h1-6,8-9,11-12,18,20,23H,7,10,13H2,(H,21,22)/b11-8+. The summed E-state index contributed by atoms with van der Waals surface area (Å²) in [6, 6.07) is 17.1. The summed E-state index contributed by atoms with van der Waals surface area (Å²) in [4.78, 5) is 11.0. The highest BCUT2D eigenvalue weighted by Crippen LogP contribution is 2.29. The van der Waals surface area contributed by atoms with Crippen molar-refractivity contribution in [2.75, 3.05) is 0 Å². The molecule has 0 saturated heterocycles. The van der Waals surface area contributed by atoms with Crippen LogP contribution in [0.1, 0.15) is 34.7 Å². The first-order chi connectivity index (χ1) is 11.3. The number of hydroxylamine groups is 1. The molecule has 1 unspecified atom stereocenters. The van der Waals surface area contributed by atoms with E-state index in [0.29, 0.717) is 6.04 Å². The van der Waals surface area contributed by atoms with Crippen molar-refractivity contribution < 1.29 is 10.0 Å². The van der Waals surface area contributed by atoms with Crippen LogP contribution in [0.25, 0.3) is 6.08 Å². The predicted octanol–water partition coefficient (Wildman–Crippen LogP) is 2.98. The molecule has 2 aromatic rings. The molecule has 2 aromatic carbocycles. The van der Waals surface area contributed by atoms with Crippen LogP contribution in [-0.4, -0.2) is 11.1 Å². The third-order valence-corrected chi connectivity index (χ3v) is 4.18. The van der Waals surface area contributed by atoms with Crippen LogP contribution in [0.5, 0.6) is 0 Å². The van der Waals surface area contributed by atoms with Crippen LogP contribution in [0.4, 0.5) is 0 Å². The molecule has 3 N–H and O–H groups in total. The molecule has 1 amide bonds. The second-order valence-corrected chi connectivity index (χ2v) is 5.73. The highest BCUT2D eigenvalue weighted by molar-refractivity contribution is 5.90. The fourth-order valence-electron chi connectivity index (χ4n) is 2.99. The Kier molecular flexibility index (Phi) is 4.86. The molecule has 118 valence electrons. The molecule has 1 aliphatic heterocycles. The Bertz CT molecular complexity index is 711. The second-order valence-electron chi connectivity index (χ2n) is 5.73. The molecule has 0 aliphatic carbocycles. The summed E-state index contributed by atoms with van der Waals surface area (Å²) in [5.74, 6) is -0.524. The summed E-state index contributed by atoms with van der Waals surface area (Å²) in [5.41, 5.74) is 6.51. The Labute approximate surface area is 135 Å². The summed E-state index contributed by atoms with van der Waals surface area (Å²) < 4.78 is 0. The van der Waals surface area contributed by atoms with Gasteiger partial charge in [0.05, 0.1) is 0 Å². The maximum absolute atomic E-state index is 11.0. The first kappa shape index (κ1) is 15.5. The van der Waals surface area contributed by atoms with E-state index >= 15 is 0 Å². The van der Waals surface area contributed by atoms with Crippen LogP contribution in [0.3, 0.4) is 0 Å². The minimum atomic E-state index is -0.524. The second kappa shape index (κ2) is 7.22. The third-order valence-electron chi connectivity index (χ3n) is 4.18. The lowest BCUT2D eigenvalue weighted by Gasteiger charge is -2.12. The van der Waals surface area contributed by atoms with E-state index in [9.17, 15) is 4.79 Å². The lowest BCUT2D eigenvalue weighted by Crippen LogP contribution is -2.14. The van der Waals surface area contributed by atoms with Gasteiger partial charge in [-0.05, 0) is 41.2 Å². The van der Waals surface area contributed by atoms with E-state index in [4.69, 9.17) is 5.21 Å². The molecule has 4 nitrogen and oxygen atoms in total. The Morgan fingerprint density at radius 3 is 2.87 bits per heavy atom. The fraction of sp³-hybridized carbons (Fsp3) is 0.211. The van der Waals surface area contributed by atoms with Crippen molar-refractivity contribution >= 4 is 12.0 Å². The third kappa shape index (κ3) is 3.86. The zero-order chi connectivity index (χ0) is 16.1. The number of carbonyl (C=O) groups excluding carboxylic acids is 1. The van der Waals surface area contributed by atoms with Gasteiger partial charge in [0, 0.05) is 18.7 Å². The van der Waals surface area contributed by atoms with Gasteiger partial charge in [-0.3, -0.25) is 10.0 Å². The number of fused-ring (bicyclic) bond motifs is 1. The molecule has 0 spiro atoms. The smallest absolute Gasteiger partial charge is 0.267 e. The molecule has 3 rings (SSSR count). The number of aryl methyl sites for hydroxylation is 1. The molecular weight excluding hydrogens is 288 g/mol. The van der Waals surface area contributed by atoms with E-state index in [1.165, 1.54) is 22.8 Å². The molecule has 1 atom stereocenters. The Balaban J connectivity index is 1.66. The predicted molar refractivity (Wildman–Crippen MR) is 89.7 cm³/mol. The topological polar surface area (TPSA) is 61.4 Å². The summed E-state index contributed by atoms with van der Waals surface area (Å²) in [5, 5.41) is 12.0. The number of amides is 1. The van der Waals surface area contributed by atoms with Crippen molar-refractivity contribution in [1.29, 1.82) is 0 Å². The van der Waals surface area contributed by atoms with Gasteiger partial charge >= 0.3 is 0 Å². The number of hydrogen-bond acceptors (Lipinski definition) is 3. The molecule has 0 aromatic heterocycles. The van der Waals surface area contributed by atoms with Crippen LogP contribution in [0.2, 0.25) is 0 Å². The highest BCUT2D eigenvalue weighted by Gasteiger charge is 2.21. The molecule has 0 saturated carbocycles. The van der Waals surface area contributed by atoms with E-state index in [1.807, 2.05) is 12.1 Å².